The van der Waals surface area contributed by atoms with Gasteiger partial charge in [-0.15, -0.1) is 0 Å². The molecule has 1 aromatic carbocycles. The van der Waals surface area contributed by atoms with Crippen LogP contribution >= 0.6 is 0 Å². The zero-order valence-electron chi connectivity index (χ0n) is 12.3. The largest absolute Gasteiger partial charge is 0.338 e. The highest BCUT2D eigenvalue weighted by Crippen LogP contribution is 2.18. The van der Waals surface area contributed by atoms with E-state index in [9.17, 15) is 0 Å². The van der Waals surface area contributed by atoms with E-state index in [1.807, 2.05) is 18.2 Å². The van der Waals surface area contributed by atoms with Crippen LogP contribution in [0, 0.1) is 5.92 Å². The fraction of sp³-hybridized carbons (Fsp3) is 0.562. The number of benzene rings is 1. The lowest BCUT2D eigenvalue weighted by molar-refractivity contribution is 0.291. The Balaban J connectivity index is 2.02. The number of anilines is 1. The van der Waals surface area contributed by atoms with Crippen LogP contribution in [-0.4, -0.2) is 30.0 Å². The molecule has 1 heterocycles. The van der Waals surface area contributed by atoms with Gasteiger partial charge in [0.25, 0.3) is 0 Å². The molecule has 0 bridgehead atoms. The van der Waals surface area contributed by atoms with Crippen LogP contribution < -0.4 is 5.32 Å². The minimum atomic E-state index is 0.506. The summed E-state index contributed by atoms with van der Waals surface area (Å²) >= 11 is 0. The van der Waals surface area contributed by atoms with Gasteiger partial charge in [0.15, 0.2) is 5.96 Å². The van der Waals surface area contributed by atoms with Gasteiger partial charge in [0.2, 0.25) is 0 Å². The predicted octanol–water partition coefficient (Wildman–Crippen LogP) is 3.59. The summed E-state index contributed by atoms with van der Waals surface area (Å²) in [7, 11) is 0. The molecule has 1 aliphatic heterocycles. The normalized spacial score (nSPS) is 18.8. The maximum Gasteiger partial charge on any atom is 0.198 e. The summed E-state index contributed by atoms with van der Waals surface area (Å²) in [5, 5.41) is 3.45. The van der Waals surface area contributed by atoms with Crippen LogP contribution in [0.15, 0.2) is 35.3 Å². The molecular formula is C16H25N3. The van der Waals surface area contributed by atoms with Crippen molar-refractivity contribution in [2.24, 2.45) is 10.9 Å². The third-order valence-corrected chi connectivity index (χ3v) is 3.95. The maximum atomic E-state index is 4.65. The Morgan fingerprint density at radius 2 is 1.95 bits per heavy atom. The van der Waals surface area contributed by atoms with Gasteiger partial charge in [-0.05, 0) is 25.0 Å². The van der Waals surface area contributed by atoms with Crippen LogP contribution in [0.25, 0.3) is 0 Å². The number of nitrogens with zero attached hydrogens (tertiary/aromatic N) is 2. The van der Waals surface area contributed by atoms with Crippen molar-refractivity contribution in [2.75, 3.05) is 18.4 Å². The van der Waals surface area contributed by atoms with Gasteiger partial charge in [-0.2, -0.15) is 0 Å². The van der Waals surface area contributed by atoms with E-state index < -0.39 is 0 Å². The van der Waals surface area contributed by atoms with Crippen molar-refractivity contribution in [2.45, 2.75) is 39.7 Å². The minimum Gasteiger partial charge on any atom is -0.338 e. The van der Waals surface area contributed by atoms with Crippen LogP contribution in [0.1, 0.15) is 33.6 Å². The molecular weight excluding hydrogens is 234 g/mol. The molecule has 0 saturated carbocycles. The summed E-state index contributed by atoms with van der Waals surface area (Å²) < 4.78 is 0. The van der Waals surface area contributed by atoms with E-state index in [-0.39, 0.29) is 0 Å². The van der Waals surface area contributed by atoms with Gasteiger partial charge in [0.1, 0.15) is 0 Å². The Labute approximate surface area is 116 Å². The first kappa shape index (κ1) is 13.9. The lowest BCUT2D eigenvalue weighted by Crippen LogP contribution is -2.41. The van der Waals surface area contributed by atoms with Crippen LogP contribution in [-0.2, 0) is 0 Å². The molecule has 1 aromatic rings. The fourth-order valence-electron chi connectivity index (χ4n) is 2.47. The molecule has 0 aliphatic carbocycles. The van der Waals surface area contributed by atoms with Crippen molar-refractivity contribution in [3.8, 4) is 0 Å². The van der Waals surface area contributed by atoms with Gasteiger partial charge in [0.05, 0.1) is 6.54 Å². The molecule has 1 N–H and O–H groups in total. The van der Waals surface area contributed by atoms with Crippen molar-refractivity contribution in [1.82, 2.24) is 4.90 Å². The summed E-state index contributed by atoms with van der Waals surface area (Å²) in [5.41, 5.74) is 1.12. The van der Waals surface area contributed by atoms with E-state index in [1.165, 1.54) is 12.8 Å². The van der Waals surface area contributed by atoms with E-state index in [4.69, 9.17) is 0 Å². The third kappa shape index (κ3) is 3.49. The Kier molecular flexibility index (Phi) is 4.83. The number of aliphatic imine (C=N–C) groups is 1. The van der Waals surface area contributed by atoms with Crippen molar-refractivity contribution >= 4 is 11.6 Å². The smallest absolute Gasteiger partial charge is 0.198 e. The minimum absolute atomic E-state index is 0.506. The standard InChI is InChI=1S/C16H25N3/c1-4-14(5-2)12-19-13(3)11-17-16(19)18-15-9-7-6-8-10-15/h6-10,13-14H,4-5,11-12H2,1-3H3,(H,17,18)/t13-/m0/s1. The van der Waals surface area contributed by atoms with Gasteiger partial charge in [0, 0.05) is 18.3 Å². The van der Waals surface area contributed by atoms with Crippen molar-refractivity contribution < 1.29 is 0 Å². The first-order valence-corrected chi connectivity index (χ1v) is 7.37. The van der Waals surface area contributed by atoms with Crippen molar-refractivity contribution in [3.63, 3.8) is 0 Å². The second kappa shape index (κ2) is 6.60. The second-order valence-corrected chi connectivity index (χ2v) is 5.34. The molecule has 1 aliphatic rings. The number of nitrogens with one attached hydrogen (secondary N) is 1. The van der Waals surface area contributed by atoms with Crippen LogP contribution in [0.3, 0.4) is 0 Å². The molecule has 0 unspecified atom stereocenters. The second-order valence-electron chi connectivity index (χ2n) is 5.34. The van der Waals surface area contributed by atoms with E-state index in [1.54, 1.807) is 0 Å². The van der Waals surface area contributed by atoms with E-state index >= 15 is 0 Å². The first-order valence-electron chi connectivity index (χ1n) is 7.37. The SMILES string of the molecule is CCC(CC)CN1C(Nc2ccccc2)=NC[C@@H]1C. The van der Waals surface area contributed by atoms with E-state index in [2.05, 4.69) is 48.1 Å². The number of hydrogen-bond donors (Lipinski definition) is 1. The van der Waals surface area contributed by atoms with Crippen molar-refractivity contribution in [1.29, 1.82) is 0 Å². The summed E-state index contributed by atoms with van der Waals surface area (Å²) in [6.07, 6.45) is 2.47. The summed E-state index contributed by atoms with van der Waals surface area (Å²) in [4.78, 5) is 7.07. The molecule has 3 heteroatoms. The van der Waals surface area contributed by atoms with Gasteiger partial charge in [-0.1, -0.05) is 44.9 Å². The molecule has 0 fully saturated rings. The molecule has 3 nitrogen and oxygen atoms in total. The van der Waals surface area contributed by atoms with E-state index in [0.29, 0.717) is 6.04 Å². The Bertz CT molecular complexity index is 409. The average molecular weight is 259 g/mol. The number of rotatable bonds is 5. The van der Waals surface area contributed by atoms with Gasteiger partial charge in [-0.3, -0.25) is 4.99 Å². The Morgan fingerprint density at radius 1 is 1.26 bits per heavy atom. The van der Waals surface area contributed by atoms with E-state index in [0.717, 1.165) is 30.7 Å². The summed E-state index contributed by atoms with van der Waals surface area (Å²) in [5.74, 6) is 1.79. The van der Waals surface area contributed by atoms with Crippen LogP contribution in [0.2, 0.25) is 0 Å². The highest BCUT2D eigenvalue weighted by atomic mass is 15.4. The molecule has 0 aromatic heterocycles. The molecule has 104 valence electrons. The summed E-state index contributed by atoms with van der Waals surface area (Å²) in [6.45, 7) is 8.81. The molecule has 19 heavy (non-hydrogen) atoms. The maximum absolute atomic E-state index is 4.65. The summed E-state index contributed by atoms with van der Waals surface area (Å²) in [6, 6.07) is 10.8. The highest BCUT2D eigenvalue weighted by Gasteiger charge is 2.25. The molecule has 0 spiro atoms. The molecule has 0 saturated heterocycles. The quantitative estimate of drug-likeness (QED) is 0.875. The van der Waals surface area contributed by atoms with Gasteiger partial charge < -0.3 is 10.2 Å². The number of para-hydroxylation sites is 1. The lowest BCUT2D eigenvalue weighted by atomic mass is 10.0. The van der Waals surface area contributed by atoms with Crippen molar-refractivity contribution in [3.05, 3.63) is 30.3 Å². The fourth-order valence-corrected chi connectivity index (χ4v) is 2.47. The average Bonchev–Trinajstić information content (AvgIpc) is 2.78. The zero-order chi connectivity index (χ0) is 13.7. The zero-order valence-corrected chi connectivity index (χ0v) is 12.3. The highest BCUT2D eigenvalue weighted by molar-refractivity contribution is 5.94. The third-order valence-electron chi connectivity index (χ3n) is 3.95. The monoisotopic (exact) mass is 259 g/mol. The molecule has 0 radical (unpaired) electrons. The Hall–Kier alpha value is -1.51. The topological polar surface area (TPSA) is 27.6 Å². The molecule has 1 atom stereocenters. The number of guanidine groups is 1. The molecule has 2 rings (SSSR count). The van der Waals surface area contributed by atoms with Crippen LogP contribution in [0.5, 0.6) is 0 Å². The first-order chi connectivity index (χ1) is 9.24. The predicted molar refractivity (Wildman–Crippen MR) is 82.6 cm³/mol. The van der Waals surface area contributed by atoms with Gasteiger partial charge >= 0.3 is 0 Å². The lowest BCUT2D eigenvalue weighted by Gasteiger charge is -2.29. The van der Waals surface area contributed by atoms with Gasteiger partial charge in [-0.25, -0.2) is 0 Å². The van der Waals surface area contributed by atoms with Crippen LogP contribution in [0.4, 0.5) is 5.69 Å². The number of hydrogen-bond acceptors (Lipinski definition) is 3. The Morgan fingerprint density at radius 3 is 2.58 bits per heavy atom. The molecule has 0 amide bonds.